The van der Waals surface area contributed by atoms with Crippen molar-refractivity contribution >= 4 is 27.6 Å². The number of aryl methyl sites for hydroxylation is 1. The van der Waals surface area contributed by atoms with Crippen LogP contribution in [0, 0.1) is 12.8 Å². The Balaban J connectivity index is 1.71. The third-order valence-electron chi connectivity index (χ3n) is 4.96. The number of sulfonamides is 1. The molecule has 1 saturated heterocycles. The van der Waals surface area contributed by atoms with Gasteiger partial charge in [-0.2, -0.15) is 4.31 Å². The largest absolute Gasteiger partial charge is 0.465 e. The standard InChI is InChI=1S/C21H24N2O5S/c1-15-8-10-19(11-9-15)29(26,27)23-12-4-6-17(14-23)20(24)22-18-7-3-5-16(13-18)21(25)28-2/h3,5,7-11,13,17H,4,6,12,14H2,1-2H3,(H,22,24)/t17-/m0/s1. The average molecular weight is 416 g/mol. The molecule has 1 aliphatic rings. The van der Waals surface area contributed by atoms with Crippen LogP contribution in [0.15, 0.2) is 53.4 Å². The minimum atomic E-state index is -3.65. The average Bonchev–Trinajstić information content (AvgIpc) is 2.73. The summed E-state index contributed by atoms with van der Waals surface area (Å²) in [6, 6.07) is 13.2. The number of methoxy groups -OCH3 is 1. The maximum absolute atomic E-state index is 12.9. The number of nitrogens with one attached hydrogen (secondary N) is 1. The highest BCUT2D eigenvalue weighted by Crippen LogP contribution is 2.25. The molecule has 1 heterocycles. The van der Waals surface area contributed by atoms with Gasteiger partial charge < -0.3 is 10.1 Å². The summed E-state index contributed by atoms with van der Waals surface area (Å²) >= 11 is 0. The first-order chi connectivity index (χ1) is 13.8. The lowest BCUT2D eigenvalue weighted by Crippen LogP contribution is -2.43. The van der Waals surface area contributed by atoms with Crippen LogP contribution in [0.4, 0.5) is 5.69 Å². The lowest BCUT2D eigenvalue weighted by molar-refractivity contribution is -0.120. The predicted molar refractivity (Wildman–Crippen MR) is 109 cm³/mol. The number of nitrogens with zero attached hydrogens (tertiary/aromatic N) is 1. The van der Waals surface area contributed by atoms with Gasteiger partial charge in [-0.25, -0.2) is 13.2 Å². The second-order valence-electron chi connectivity index (χ2n) is 7.08. The van der Waals surface area contributed by atoms with Crippen LogP contribution in [-0.2, 0) is 19.6 Å². The van der Waals surface area contributed by atoms with Gasteiger partial charge in [0.1, 0.15) is 0 Å². The second-order valence-corrected chi connectivity index (χ2v) is 9.01. The quantitative estimate of drug-likeness (QED) is 0.757. The molecule has 0 spiro atoms. The third kappa shape index (κ3) is 4.83. The molecular formula is C21H24N2O5S. The van der Waals surface area contributed by atoms with Crippen LogP contribution < -0.4 is 5.32 Å². The van der Waals surface area contributed by atoms with Gasteiger partial charge >= 0.3 is 5.97 Å². The van der Waals surface area contributed by atoms with E-state index in [1.807, 2.05) is 6.92 Å². The maximum atomic E-state index is 12.9. The molecule has 2 aromatic rings. The molecule has 0 aliphatic carbocycles. The predicted octanol–water partition coefficient (Wildman–Crippen LogP) is 2.82. The fourth-order valence-electron chi connectivity index (χ4n) is 3.32. The molecule has 7 nitrogen and oxygen atoms in total. The van der Waals surface area contributed by atoms with Crippen LogP contribution in [0.3, 0.4) is 0 Å². The molecule has 0 aromatic heterocycles. The minimum absolute atomic E-state index is 0.124. The Bertz CT molecular complexity index is 1000. The molecule has 1 amide bonds. The summed E-state index contributed by atoms with van der Waals surface area (Å²) in [4.78, 5) is 24.6. The van der Waals surface area contributed by atoms with E-state index in [-0.39, 0.29) is 17.3 Å². The monoisotopic (exact) mass is 416 g/mol. The number of amides is 1. The van der Waals surface area contributed by atoms with Crippen molar-refractivity contribution in [2.45, 2.75) is 24.7 Å². The molecule has 2 aromatic carbocycles. The summed E-state index contributed by atoms with van der Waals surface area (Å²) in [5.74, 6) is -1.23. The van der Waals surface area contributed by atoms with Gasteiger partial charge in [-0.05, 0) is 50.1 Å². The van der Waals surface area contributed by atoms with E-state index in [4.69, 9.17) is 0 Å². The van der Waals surface area contributed by atoms with Gasteiger partial charge in [0.05, 0.1) is 23.5 Å². The van der Waals surface area contributed by atoms with Crippen molar-refractivity contribution in [3.05, 3.63) is 59.7 Å². The van der Waals surface area contributed by atoms with Crippen LogP contribution in [0.5, 0.6) is 0 Å². The Hall–Kier alpha value is -2.71. The number of piperidine rings is 1. The van der Waals surface area contributed by atoms with Crippen LogP contribution in [-0.4, -0.2) is 44.8 Å². The van der Waals surface area contributed by atoms with Gasteiger partial charge in [0.25, 0.3) is 0 Å². The zero-order chi connectivity index (χ0) is 21.0. The number of benzene rings is 2. The highest BCUT2D eigenvalue weighted by molar-refractivity contribution is 7.89. The van der Waals surface area contributed by atoms with Gasteiger partial charge in [0.2, 0.25) is 15.9 Å². The summed E-state index contributed by atoms with van der Waals surface area (Å²) in [7, 11) is -2.36. The van der Waals surface area contributed by atoms with Crippen molar-refractivity contribution in [1.29, 1.82) is 0 Å². The van der Waals surface area contributed by atoms with Crippen molar-refractivity contribution < 1.29 is 22.7 Å². The van der Waals surface area contributed by atoms with E-state index in [0.717, 1.165) is 5.56 Å². The lowest BCUT2D eigenvalue weighted by Gasteiger charge is -2.31. The number of carbonyl (C=O) groups excluding carboxylic acids is 2. The van der Waals surface area contributed by atoms with E-state index in [1.165, 1.54) is 17.5 Å². The van der Waals surface area contributed by atoms with E-state index >= 15 is 0 Å². The Labute approximate surface area is 170 Å². The Morgan fingerprint density at radius 2 is 1.86 bits per heavy atom. The molecule has 0 unspecified atom stereocenters. The number of anilines is 1. The van der Waals surface area contributed by atoms with Gasteiger partial charge in [-0.1, -0.05) is 23.8 Å². The number of rotatable bonds is 5. The van der Waals surface area contributed by atoms with Crippen molar-refractivity contribution in [2.75, 3.05) is 25.5 Å². The van der Waals surface area contributed by atoms with Crippen molar-refractivity contribution in [2.24, 2.45) is 5.92 Å². The van der Waals surface area contributed by atoms with Crippen LogP contribution in [0.25, 0.3) is 0 Å². The Kier molecular flexibility index (Phi) is 6.34. The molecule has 1 atom stereocenters. The molecule has 0 bridgehead atoms. The summed E-state index contributed by atoms with van der Waals surface area (Å²) < 4.78 is 31.9. The molecule has 154 valence electrons. The summed E-state index contributed by atoms with van der Waals surface area (Å²) in [6.45, 7) is 2.41. The van der Waals surface area contributed by atoms with E-state index in [2.05, 4.69) is 10.1 Å². The molecule has 1 fully saturated rings. The number of carbonyl (C=O) groups is 2. The molecule has 1 N–H and O–H groups in total. The van der Waals surface area contributed by atoms with Crippen LogP contribution in [0.2, 0.25) is 0 Å². The van der Waals surface area contributed by atoms with Crippen molar-refractivity contribution in [3.63, 3.8) is 0 Å². The minimum Gasteiger partial charge on any atom is -0.465 e. The first-order valence-corrected chi connectivity index (χ1v) is 10.8. The highest BCUT2D eigenvalue weighted by atomic mass is 32.2. The van der Waals surface area contributed by atoms with Gasteiger partial charge in [-0.3, -0.25) is 4.79 Å². The summed E-state index contributed by atoms with van der Waals surface area (Å²) in [6.07, 6.45) is 1.20. The number of hydrogen-bond acceptors (Lipinski definition) is 5. The van der Waals surface area contributed by atoms with Gasteiger partial charge in [0.15, 0.2) is 0 Å². The fourth-order valence-corrected chi connectivity index (χ4v) is 4.84. The summed E-state index contributed by atoms with van der Waals surface area (Å²) in [5, 5.41) is 2.78. The third-order valence-corrected chi connectivity index (χ3v) is 6.84. The first-order valence-electron chi connectivity index (χ1n) is 9.37. The molecule has 0 radical (unpaired) electrons. The Morgan fingerprint density at radius 3 is 2.55 bits per heavy atom. The zero-order valence-electron chi connectivity index (χ0n) is 16.4. The van der Waals surface area contributed by atoms with Gasteiger partial charge in [0, 0.05) is 18.8 Å². The number of hydrogen-bond donors (Lipinski definition) is 1. The number of ether oxygens (including phenoxy) is 1. The molecule has 29 heavy (non-hydrogen) atoms. The van der Waals surface area contributed by atoms with Gasteiger partial charge in [-0.15, -0.1) is 0 Å². The molecule has 3 rings (SSSR count). The summed E-state index contributed by atoms with van der Waals surface area (Å²) in [5.41, 5.74) is 1.78. The highest BCUT2D eigenvalue weighted by Gasteiger charge is 2.33. The molecule has 8 heteroatoms. The molecule has 0 saturated carbocycles. The van der Waals surface area contributed by atoms with Crippen LogP contribution in [0.1, 0.15) is 28.8 Å². The SMILES string of the molecule is COC(=O)c1cccc(NC(=O)[C@H]2CCCN(S(=O)(=O)c3ccc(C)cc3)C2)c1. The normalized spacial score (nSPS) is 17.5. The molecule has 1 aliphatic heterocycles. The zero-order valence-corrected chi connectivity index (χ0v) is 17.2. The van der Waals surface area contributed by atoms with E-state index in [0.29, 0.717) is 30.6 Å². The maximum Gasteiger partial charge on any atom is 0.337 e. The smallest absolute Gasteiger partial charge is 0.337 e. The molecular weight excluding hydrogens is 392 g/mol. The van der Waals surface area contributed by atoms with Crippen molar-refractivity contribution in [3.8, 4) is 0 Å². The number of esters is 1. The fraction of sp³-hybridized carbons (Fsp3) is 0.333. The van der Waals surface area contributed by atoms with Crippen LogP contribution >= 0.6 is 0 Å². The second kappa shape index (κ2) is 8.75. The Morgan fingerprint density at radius 1 is 1.14 bits per heavy atom. The lowest BCUT2D eigenvalue weighted by atomic mass is 9.98. The van der Waals surface area contributed by atoms with E-state index in [1.54, 1.807) is 42.5 Å². The first kappa shape index (κ1) is 21.0. The van der Waals surface area contributed by atoms with E-state index < -0.39 is 21.9 Å². The topological polar surface area (TPSA) is 92.8 Å². The van der Waals surface area contributed by atoms with E-state index in [9.17, 15) is 18.0 Å². The van der Waals surface area contributed by atoms with Crippen molar-refractivity contribution in [1.82, 2.24) is 4.31 Å².